The van der Waals surface area contributed by atoms with Crippen LogP contribution in [0.4, 0.5) is 0 Å². The highest BCUT2D eigenvalue weighted by Crippen LogP contribution is 1.94. The second kappa shape index (κ2) is 4.77. The van der Waals surface area contributed by atoms with Gasteiger partial charge in [-0.3, -0.25) is 0 Å². The van der Waals surface area contributed by atoms with E-state index in [1.807, 2.05) is 36.4 Å². The van der Waals surface area contributed by atoms with Crippen molar-refractivity contribution >= 4 is 0 Å². The van der Waals surface area contributed by atoms with Crippen LogP contribution in [0, 0.1) is 23.2 Å². The number of benzene rings is 1. The van der Waals surface area contributed by atoms with Crippen LogP contribution in [0.1, 0.15) is 5.56 Å². The Balaban J connectivity index is 2.69. The summed E-state index contributed by atoms with van der Waals surface area (Å²) < 4.78 is 0. The zero-order valence-electron chi connectivity index (χ0n) is 6.49. The van der Waals surface area contributed by atoms with Gasteiger partial charge in [0.1, 0.15) is 0 Å². The highest BCUT2D eigenvalue weighted by molar-refractivity contribution is 5.37. The van der Waals surface area contributed by atoms with E-state index < -0.39 is 0 Å². The lowest BCUT2D eigenvalue weighted by Gasteiger charge is -1.83. The molecule has 0 saturated carbocycles. The van der Waals surface area contributed by atoms with Crippen molar-refractivity contribution in [1.82, 2.24) is 0 Å². The maximum absolute atomic E-state index is 8.16. The lowest BCUT2D eigenvalue weighted by molar-refractivity contribution is 1.53. The van der Waals surface area contributed by atoms with E-state index in [1.54, 1.807) is 0 Å². The predicted octanol–water partition coefficient (Wildman–Crippen LogP) is 2.12. The summed E-state index contributed by atoms with van der Waals surface area (Å²) in [5, 5.41) is 8.16. The lowest BCUT2D eigenvalue weighted by Crippen LogP contribution is -1.68. The van der Waals surface area contributed by atoms with Gasteiger partial charge in [0.25, 0.3) is 0 Å². The molecule has 12 heavy (non-hydrogen) atoms. The van der Waals surface area contributed by atoms with E-state index in [0.29, 0.717) is 0 Å². The Hall–Kier alpha value is -1.99. The maximum atomic E-state index is 8.16. The van der Waals surface area contributed by atoms with Crippen molar-refractivity contribution < 1.29 is 0 Å². The summed E-state index contributed by atoms with van der Waals surface area (Å²) in [5.41, 5.74) is 0.958. The highest BCUT2D eigenvalue weighted by Gasteiger charge is 1.78. The normalized spacial score (nSPS) is 8.58. The first-order valence-corrected chi connectivity index (χ1v) is 3.54. The SMILES string of the molecule is N#C/C=C/C#Cc1ccccc1. The molecule has 0 fully saturated rings. The zero-order valence-corrected chi connectivity index (χ0v) is 6.49. The van der Waals surface area contributed by atoms with E-state index in [1.165, 1.54) is 12.2 Å². The van der Waals surface area contributed by atoms with E-state index in [-0.39, 0.29) is 0 Å². The van der Waals surface area contributed by atoms with Crippen molar-refractivity contribution in [2.45, 2.75) is 0 Å². The van der Waals surface area contributed by atoms with Gasteiger partial charge in [-0.15, -0.1) is 0 Å². The third-order valence-corrected chi connectivity index (χ3v) is 1.23. The van der Waals surface area contributed by atoms with Crippen molar-refractivity contribution in [1.29, 1.82) is 5.26 Å². The third-order valence-electron chi connectivity index (χ3n) is 1.23. The summed E-state index contributed by atoms with van der Waals surface area (Å²) in [6.07, 6.45) is 2.89. The lowest BCUT2D eigenvalue weighted by atomic mass is 10.2. The Morgan fingerprint density at radius 1 is 1.08 bits per heavy atom. The summed E-state index contributed by atoms with van der Waals surface area (Å²) >= 11 is 0. The van der Waals surface area contributed by atoms with Gasteiger partial charge in [0.05, 0.1) is 6.07 Å². The second-order valence-electron chi connectivity index (χ2n) is 2.10. The molecule has 0 atom stereocenters. The standard InChI is InChI=1S/C11H7N/c12-10-6-2-5-9-11-7-3-1-4-8-11/h1-4,6-8H/b6-2+. The van der Waals surface area contributed by atoms with Crippen molar-refractivity contribution in [2.24, 2.45) is 0 Å². The number of nitriles is 1. The summed E-state index contributed by atoms with van der Waals surface area (Å²) in [5.74, 6) is 5.64. The van der Waals surface area contributed by atoms with Gasteiger partial charge >= 0.3 is 0 Å². The van der Waals surface area contributed by atoms with Gasteiger partial charge in [-0.1, -0.05) is 30.0 Å². The van der Waals surface area contributed by atoms with Crippen molar-refractivity contribution in [3.8, 4) is 17.9 Å². The largest absolute Gasteiger partial charge is 0.193 e. The summed E-state index contributed by atoms with van der Waals surface area (Å²) in [6, 6.07) is 11.5. The molecule has 56 valence electrons. The molecule has 0 aliphatic carbocycles. The first-order chi connectivity index (χ1) is 5.93. The highest BCUT2D eigenvalue weighted by atomic mass is 14.2. The number of nitrogens with zero attached hydrogens (tertiary/aromatic N) is 1. The molecule has 1 aromatic rings. The molecule has 1 aromatic carbocycles. The molecule has 0 heterocycles. The molecular formula is C11H7N. The molecule has 0 N–H and O–H groups in total. The monoisotopic (exact) mass is 153 g/mol. The average molecular weight is 153 g/mol. The van der Waals surface area contributed by atoms with Crippen LogP contribution in [0.3, 0.4) is 0 Å². The van der Waals surface area contributed by atoms with Gasteiger partial charge in [-0.2, -0.15) is 5.26 Å². The minimum Gasteiger partial charge on any atom is -0.193 e. The molecule has 0 aromatic heterocycles. The molecule has 0 saturated heterocycles. The summed E-state index contributed by atoms with van der Waals surface area (Å²) in [4.78, 5) is 0. The van der Waals surface area contributed by atoms with Crippen molar-refractivity contribution in [2.75, 3.05) is 0 Å². The van der Waals surface area contributed by atoms with E-state index in [2.05, 4.69) is 11.8 Å². The number of hydrogen-bond donors (Lipinski definition) is 0. The van der Waals surface area contributed by atoms with Gasteiger partial charge in [-0.25, -0.2) is 0 Å². The Labute approximate surface area is 72.0 Å². The van der Waals surface area contributed by atoms with Crippen LogP contribution < -0.4 is 0 Å². The second-order valence-corrected chi connectivity index (χ2v) is 2.10. The molecule has 1 nitrogen and oxygen atoms in total. The van der Waals surface area contributed by atoms with Crippen LogP contribution in [0.25, 0.3) is 0 Å². The summed E-state index contributed by atoms with van der Waals surface area (Å²) in [6.45, 7) is 0. The third kappa shape index (κ3) is 2.73. The Morgan fingerprint density at radius 2 is 1.83 bits per heavy atom. The van der Waals surface area contributed by atoms with Gasteiger partial charge in [-0.05, 0) is 18.2 Å². The fourth-order valence-electron chi connectivity index (χ4n) is 0.725. The molecule has 1 heteroatoms. The molecule has 0 bridgehead atoms. The molecular weight excluding hydrogens is 146 g/mol. The van der Waals surface area contributed by atoms with E-state index >= 15 is 0 Å². The first-order valence-electron chi connectivity index (χ1n) is 3.54. The van der Waals surface area contributed by atoms with Crippen molar-refractivity contribution in [3.05, 3.63) is 48.0 Å². The molecule has 0 aliphatic heterocycles. The molecule has 0 amide bonds. The molecule has 1 rings (SSSR count). The Bertz CT molecular complexity index is 357. The van der Waals surface area contributed by atoms with Gasteiger partial charge in [0.15, 0.2) is 0 Å². The van der Waals surface area contributed by atoms with Gasteiger partial charge < -0.3 is 0 Å². The quantitative estimate of drug-likeness (QED) is 0.413. The van der Waals surface area contributed by atoms with Crippen molar-refractivity contribution in [3.63, 3.8) is 0 Å². The molecule has 0 aliphatic rings. The Morgan fingerprint density at radius 3 is 2.50 bits per heavy atom. The fraction of sp³-hybridized carbons (Fsp3) is 0. The van der Waals surface area contributed by atoms with E-state index in [0.717, 1.165) is 5.56 Å². The van der Waals surface area contributed by atoms with Crippen LogP contribution >= 0.6 is 0 Å². The minimum absolute atomic E-state index is 0.958. The van der Waals surface area contributed by atoms with Crippen LogP contribution in [0.15, 0.2) is 42.5 Å². The van der Waals surface area contributed by atoms with Gasteiger partial charge in [0, 0.05) is 11.6 Å². The number of allylic oxidation sites excluding steroid dienone is 2. The zero-order chi connectivity index (χ0) is 8.65. The minimum atomic E-state index is 0.958. The fourth-order valence-corrected chi connectivity index (χ4v) is 0.725. The van der Waals surface area contributed by atoms with Gasteiger partial charge in [0.2, 0.25) is 0 Å². The van der Waals surface area contributed by atoms with E-state index in [4.69, 9.17) is 5.26 Å². The smallest absolute Gasteiger partial charge is 0.0918 e. The number of rotatable bonds is 0. The van der Waals surface area contributed by atoms with Crippen LogP contribution in [0.2, 0.25) is 0 Å². The molecule has 0 spiro atoms. The average Bonchev–Trinajstić information content (AvgIpc) is 2.14. The summed E-state index contributed by atoms with van der Waals surface area (Å²) in [7, 11) is 0. The predicted molar refractivity (Wildman–Crippen MR) is 48.1 cm³/mol. The van der Waals surface area contributed by atoms with Crippen LogP contribution in [-0.4, -0.2) is 0 Å². The van der Waals surface area contributed by atoms with Crippen LogP contribution in [0.5, 0.6) is 0 Å². The Kier molecular flexibility index (Phi) is 3.22. The van der Waals surface area contributed by atoms with E-state index in [9.17, 15) is 0 Å². The number of hydrogen-bond acceptors (Lipinski definition) is 1. The van der Waals surface area contributed by atoms with Crippen LogP contribution in [-0.2, 0) is 0 Å². The first kappa shape index (κ1) is 8.11. The maximum Gasteiger partial charge on any atom is 0.0918 e. The molecule has 0 unspecified atom stereocenters. The molecule has 0 radical (unpaired) electrons. The topological polar surface area (TPSA) is 23.8 Å².